The molecule has 100 valence electrons. The predicted molar refractivity (Wildman–Crippen MR) is 69.8 cm³/mol. The summed E-state index contributed by atoms with van der Waals surface area (Å²) in [5, 5.41) is 2.95. The molecule has 2 aromatic heterocycles. The minimum Gasteiger partial charge on any atom is -0.459 e. The van der Waals surface area contributed by atoms with Gasteiger partial charge in [-0.15, -0.1) is 0 Å². The van der Waals surface area contributed by atoms with Gasteiger partial charge in [0.15, 0.2) is 5.76 Å². The van der Waals surface area contributed by atoms with Gasteiger partial charge in [-0.1, -0.05) is 0 Å². The largest absolute Gasteiger partial charge is 0.459 e. The van der Waals surface area contributed by atoms with Crippen molar-refractivity contribution in [2.75, 3.05) is 6.54 Å². The molecule has 3 rings (SSSR count). The van der Waals surface area contributed by atoms with Gasteiger partial charge in [0.1, 0.15) is 5.82 Å². The molecule has 0 radical (unpaired) electrons. The summed E-state index contributed by atoms with van der Waals surface area (Å²) in [6, 6.07) is 1.80. The summed E-state index contributed by atoms with van der Waals surface area (Å²) in [5.74, 6) is 1.89. The number of carbonyl (C=O) groups excluding carboxylic acids is 1. The summed E-state index contributed by atoms with van der Waals surface area (Å²) < 4.78 is 7.35. The first kappa shape index (κ1) is 12.0. The molecule has 1 amide bonds. The third kappa shape index (κ3) is 2.41. The lowest BCUT2D eigenvalue weighted by Crippen LogP contribution is -2.33. The number of fused-ring (bicyclic) bond motifs is 1. The van der Waals surface area contributed by atoms with E-state index in [0.717, 1.165) is 30.8 Å². The molecule has 1 aliphatic rings. The fraction of sp³-hybridized carbons (Fsp3) is 0.429. The monoisotopic (exact) mass is 259 g/mol. The summed E-state index contributed by atoms with van der Waals surface area (Å²) in [6.45, 7) is 3.47. The maximum atomic E-state index is 11.9. The fourth-order valence-corrected chi connectivity index (χ4v) is 2.53. The molecule has 0 spiro atoms. The van der Waals surface area contributed by atoms with E-state index in [-0.39, 0.29) is 5.91 Å². The van der Waals surface area contributed by atoms with E-state index in [1.54, 1.807) is 12.3 Å². The summed E-state index contributed by atoms with van der Waals surface area (Å²) in [7, 11) is 0. The Bertz CT molecular complexity index is 585. The molecule has 0 aromatic carbocycles. The molecule has 0 saturated heterocycles. The van der Waals surface area contributed by atoms with Crippen LogP contribution in [0.4, 0.5) is 0 Å². The summed E-state index contributed by atoms with van der Waals surface area (Å²) in [6.07, 6.45) is 7.42. The Balaban J connectivity index is 1.56. The predicted octanol–water partition coefficient (Wildman–Crippen LogP) is 1.78. The van der Waals surface area contributed by atoms with Gasteiger partial charge in [-0.2, -0.15) is 0 Å². The van der Waals surface area contributed by atoms with Gasteiger partial charge >= 0.3 is 0 Å². The van der Waals surface area contributed by atoms with Crippen molar-refractivity contribution < 1.29 is 9.21 Å². The van der Waals surface area contributed by atoms with E-state index in [2.05, 4.69) is 14.9 Å². The van der Waals surface area contributed by atoms with Crippen LogP contribution in [0.1, 0.15) is 28.4 Å². The van der Waals surface area contributed by atoms with Crippen LogP contribution in [0.5, 0.6) is 0 Å². The van der Waals surface area contributed by atoms with E-state index < -0.39 is 0 Å². The van der Waals surface area contributed by atoms with Crippen molar-refractivity contribution in [1.29, 1.82) is 0 Å². The standard InChI is InChI=1S/C14H17N3O2/c1-10-4-7-19-13(10)14(18)16-8-11-2-3-12-15-5-6-17(12)9-11/h4-7,11H,2-3,8-9H2,1H3,(H,16,18). The second-order valence-corrected chi connectivity index (χ2v) is 5.04. The molecule has 1 N–H and O–H groups in total. The third-order valence-corrected chi connectivity index (χ3v) is 3.65. The maximum absolute atomic E-state index is 11.9. The minimum absolute atomic E-state index is 0.126. The first-order valence-corrected chi connectivity index (χ1v) is 6.56. The Kier molecular flexibility index (Phi) is 3.11. The number of hydrogen-bond acceptors (Lipinski definition) is 3. The Morgan fingerprint density at radius 1 is 1.63 bits per heavy atom. The molecule has 2 aromatic rings. The lowest BCUT2D eigenvalue weighted by atomic mass is 9.99. The topological polar surface area (TPSA) is 60.1 Å². The Hall–Kier alpha value is -2.04. The molecule has 5 nitrogen and oxygen atoms in total. The zero-order valence-electron chi connectivity index (χ0n) is 10.9. The van der Waals surface area contributed by atoms with Gasteiger partial charge in [0.2, 0.25) is 0 Å². The van der Waals surface area contributed by atoms with Crippen LogP contribution < -0.4 is 5.32 Å². The summed E-state index contributed by atoms with van der Waals surface area (Å²) in [5.41, 5.74) is 0.873. The van der Waals surface area contributed by atoms with Crippen molar-refractivity contribution in [2.24, 2.45) is 5.92 Å². The molecule has 19 heavy (non-hydrogen) atoms. The minimum atomic E-state index is -0.126. The van der Waals surface area contributed by atoms with Crippen molar-refractivity contribution in [2.45, 2.75) is 26.3 Å². The highest BCUT2D eigenvalue weighted by Gasteiger charge is 2.20. The van der Waals surface area contributed by atoms with Crippen molar-refractivity contribution in [1.82, 2.24) is 14.9 Å². The number of aromatic nitrogens is 2. The van der Waals surface area contributed by atoms with Crippen molar-refractivity contribution in [3.63, 3.8) is 0 Å². The number of furan rings is 1. The van der Waals surface area contributed by atoms with Crippen molar-refractivity contribution in [3.8, 4) is 0 Å². The fourth-order valence-electron chi connectivity index (χ4n) is 2.53. The van der Waals surface area contributed by atoms with Crippen LogP contribution in [0.3, 0.4) is 0 Å². The van der Waals surface area contributed by atoms with Gasteiger partial charge in [-0.3, -0.25) is 4.79 Å². The lowest BCUT2D eigenvalue weighted by Gasteiger charge is -2.23. The summed E-state index contributed by atoms with van der Waals surface area (Å²) >= 11 is 0. The Labute approximate surface area is 111 Å². The van der Waals surface area contributed by atoms with E-state index in [1.807, 2.05) is 19.3 Å². The quantitative estimate of drug-likeness (QED) is 0.914. The van der Waals surface area contributed by atoms with Gasteiger partial charge < -0.3 is 14.3 Å². The van der Waals surface area contributed by atoms with E-state index in [9.17, 15) is 4.79 Å². The van der Waals surface area contributed by atoms with Gasteiger partial charge in [-0.05, 0) is 25.3 Å². The van der Waals surface area contributed by atoms with Gasteiger partial charge in [0.05, 0.1) is 6.26 Å². The number of hydrogen-bond donors (Lipinski definition) is 1. The van der Waals surface area contributed by atoms with Crippen LogP contribution in [0.15, 0.2) is 29.1 Å². The maximum Gasteiger partial charge on any atom is 0.287 e. The van der Waals surface area contributed by atoms with Crippen LogP contribution in [-0.2, 0) is 13.0 Å². The van der Waals surface area contributed by atoms with Crippen LogP contribution in [0.2, 0.25) is 0 Å². The average Bonchev–Trinajstić information content (AvgIpc) is 3.03. The smallest absolute Gasteiger partial charge is 0.287 e. The van der Waals surface area contributed by atoms with E-state index in [0.29, 0.717) is 18.2 Å². The summed E-state index contributed by atoms with van der Waals surface area (Å²) in [4.78, 5) is 16.2. The zero-order chi connectivity index (χ0) is 13.2. The number of imidazole rings is 1. The highest BCUT2D eigenvalue weighted by atomic mass is 16.3. The van der Waals surface area contributed by atoms with E-state index in [4.69, 9.17) is 4.42 Å². The molecule has 0 aliphatic carbocycles. The first-order chi connectivity index (χ1) is 9.24. The van der Waals surface area contributed by atoms with Crippen LogP contribution in [0, 0.1) is 12.8 Å². The molecule has 1 unspecified atom stereocenters. The molecular weight excluding hydrogens is 242 g/mol. The third-order valence-electron chi connectivity index (χ3n) is 3.65. The van der Waals surface area contributed by atoms with Gasteiger partial charge in [-0.25, -0.2) is 4.98 Å². The molecule has 1 aliphatic heterocycles. The number of nitrogens with zero attached hydrogens (tertiary/aromatic N) is 2. The average molecular weight is 259 g/mol. The number of amides is 1. The first-order valence-electron chi connectivity index (χ1n) is 6.56. The SMILES string of the molecule is Cc1ccoc1C(=O)NCC1CCc2nccn2C1. The Morgan fingerprint density at radius 3 is 3.32 bits per heavy atom. The molecule has 3 heterocycles. The molecular formula is C14H17N3O2. The van der Waals surface area contributed by atoms with Crippen LogP contribution >= 0.6 is 0 Å². The highest BCUT2D eigenvalue weighted by Crippen LogP contribution is 2.18. The molecule has 0 bridgehead atoms. The highest BCUT2D eigenvalue weighted by molar-refractivity contribution is 5.92. The zero-order valence-corrected chi connectivity index (χ0v) is 10.9. The van der Waals surface area contributed by atoms with Crippen molar-refractivity contribution >= 4 is 5.91 Å². The second-order valence-electron chi connectivity index (χ2n) is 5.04. The number of rotatable bonds is 3. The molecule has 0 fully saturated rings. The van der Waals surface area contributed by atoms with Crippen molar-refractivity contribution in [3.05, 3.63) is 41.9 Å². The van der Waals surface area contributed by atoms with E-state index in [1.165, 1.54) is 0 Å². The van der Waals surface area contributed by atoms with Crippen LogP contribution in [-0.4, -0.2) is 22.0 Å². The van der Waals surface area contributed by atoms with Crippen LogP contribution in [0.25, 0.3) is 0 Å². The number of aryl methyl sites for hydroxylation is 2. The van der Waals surface area contributed by atoms with Gasteiger partial charge in [0.25, 0.3) is 5.91 Å². The van der Waals surface area contributed by atoms with Gasteiger partial charge in [0, 0.05) is 37.5 Å². The second kappa shape index (κ2) is 4.91. The number of nitrogens with one attached hydrogen (secondary N) is 1. The molecule has 1 atom stereocenters. The molecule has 5 heteroatoms. The Morgan fingerprint density at radius 2 is 2.53 bits per heavy atom. The number of carbonyl (C=O) groups is 1. The normalized spacial score (nSPS) is 18.1. The lowest BCUT2D eigenvalue weighted by molar-refractivity contribution is 0.0915. The van der Waals surface area contributed by atoms with E-state index >= 15 is 0 Å². The molecule has 0 saturated carbocycles.